The summed E-state index contributed by atoms with van der Waals surface area (Å²) in [6.07, 6.45) is 0.381. The molecule has 0 spiro atoms. The fourth-order valence-electron chi connectivity index (χ4n) is 4.26. The van der Waals surface area contributed by atoms with Crippen LogP contribution in [0.3, 0.4) is 0 Å². The van der Waals surface area contributed by atoms with Crippen LogP contribution in [0.1, 0.15) is 35.3 Å². The maximum absolute atomic E-state index is 13.1. The smallest absolute Gasteiger partial charge is 0.257 e. The SMILES string of the molecule is CC1(C)CN(CC(O)CN2CCc3ccccc3C2)C(=O)c2ccc(Br)cc2O1. The molecule has 0 fully saturated rings. The maximum atomic E-state index is 13.1. The second-order valence-electron chi connectivity index (χ2n) is 8.60. The lowest BCUT2D eigenvalue weighted by molar-refractivity contribution is 0.0287. The normalized spacial score (nSPS) is 19.7. The molecule has 1 amide bonds. The van der Waals surface area contributed by atoms with Gasteiger partial charge in [-0.2, -0.15) is 0 Å². The number of hydrogen-bond acceptors (Lipinski definition) is 4. The van der Waals surface area contributed by atoms with Crippen LogP contribution >= 0.6 is 15.9 Å². The Kier molecular flexibility index (Phi) is 5.69. The number of aliphatic hydroxyl groups is 1. The van der Waals surface area contributed by atoms with Gasteiger partial charge in [-0.1, -0.05) is 40.2 Å². The summed E-state index contributed by atoms with van der Waals surface area (Å²) < 4.78 is 6.99. The number of β-amino-alcohol motifs (C(OH)–C–C–N with tert-alkyl or cyclic N) is 1. The van der Waals surface area contributed by atoms with E-state index in [9.17, 15) is 9.90 Å². The van der Waals surface area contributed by atoms with E-state index < -0.39 is 11.7 Å². The highest BCUT2D eigenvalue weighted by Gasteiger charge is 2.35. The van der Waals surface area contributed by atoms with Crippen molar-refractivity contribution in [1.82, 2.24) is 9.80 Å². The minimum atomic E-state index is -0.614. The lowest BCUT2D eigenvalue weighted by Crippen LogP contribution is -2.48. The minimum Gasteiger partial charge on any atom is -0.485 e. The summed E-state index contributed by atoms with van der Waals surface area (Å²) in [6, 6.07) is 13.9. The fourth-order valence-corrected chi connectivity index (χ4v) is 4.60. The number of halogens is 1. The zero-order valence-electron chi connectivity index (χ0n) is 16.9. The molecule has 2 aromatic rings. The van der Waals surface area contributed by atoms with Crippen molar-refractivity contribution in [2.24, 2.45) is 0 Å². The molecule has 4 rings (SSSR count). The van der Waals surface area contributed by atoms with E-state index in [-0.39, 0.29) is 5.91 Å². The minimum absolute atomic E-state index is 0.0962. The first-order valence-corrected chi connectivity index (χ1v) is 10.8. The number of carbonyl (C=O) groups is 1. The zero-order valence-corrected chi connectivity index (χ0v) is 18.5. The average molecular weight is 459 g/mol. The molecular weight excluding hydrogens is 432 g/mol. The van der Waals surface area contributed by atoms with Gasteiger partial charge in [-0.05, 0) is 49.6 Å². The molecule has 2 aliphatic heterocycles. The van der Waals surface area contributed by atoms with E-state index in [4.69, 9.17) is 4.74 Å². The van der Waals surface area contributed by atoms with E-state index in [0.29, 0.717) is 30.9 Å². The quantitative estimate of drug-likeness (QED) is 0.761. The lowest BCUT2D eigenvalue weighted by atomic mass is 9.99. The largest absolute Gasteiger partial charge is 0.485 e. The third-order valence-electron chi connectivity index (χ3n) is 5.53. The summed E-state index contributed by atoms with van der Waals surface area (Å²) in [7, 11) is 0. The van der Waals surface area contributed by atoms with Gasteiger partial charge in [0.05, 0.1) is 18.2 Å². The van der Waals surface area contributed by atoms with Gasteiger partial charge in [0.1, 0.15) is 11.4 Å². The molecule has 5 nitrogen and oxygen atoms in total. The van der Waals surface area contributed by atoms with Crippen molar-refractivity contribution in [3.05, 3.63) is 63.6 Å². The van der Waals surface area contributed by atoms with Crippen LogP contribution in [0.2, 0.25) is 0 Å². The summed E-state index contributed by atoms with van der Waals surface area (Å²) in [6.45, 7) is 6.97. The molecule has 0 bridgehead atoms. The number of ether oxygens (including phenoxy) is 1. The van der Waals surface area contributed by atoms with E-state index in [1.165, 1.54) is 11.1 Å². The van der Waals surface area contributed by atoms with Crippen molar-refractivity contribution >= 4 is 21.8 Å². The van der Waals surface area contributed by atoms with Crippen LogP contribution in [0, 0.1) is 0 Å². The number of benzene rings is 2. The van der Waals surface area contributed by atoms with Gasteiger partial charge in [0.25, 0.3) is 5.91 Å². The van der Waals surface area contributed by atoms with Crippen LogP contribution in [0.4, 0.5) is 0 Å². The molecule has 1 atom stereocenters. The number of fused-ring (bicyclic) bond motifs is 2. The Morgan fingerprint density at radius 2 is 1.93 bits per heavy atom. The number of aliphatic hydroxyl groups excluding tert-OH is 1. The first-order valence-electron chi connectivity index (χ1n) is 10.1. The third-order valence-corrected chi connectivity index (χ3v) is 6.02. The Labute approximate surface area is 180 Å². The van der Waals surface area contributed by atoms with Crippen LogP contribution in [0.25, 0.3) is 0 Å². The average Bonchev–Trinajstić information content (AvgIpc) is 2.75. The van der Waals surface area contributed by atoms with Gasteiger partial charge in [0.2, 0.25) is 0 Å². The molecule has 0 saturated carbocycles. The molecule has 0 aromatic heterocycles. The number of carbonyl (C=O) groups excluding carboxylic acids is 1. The van der Waals surface area contributed by atoms with E-state index in [0.717, 1.165) is 24.0 Å². The molecule has 0 aliphatic carbocycles. The highest BCUT2D eigenvalue weighted by Crippen LogP contribution is 2.32. The van der Waals surface area contributed by atoms with Crippen LogP contribution < -0.4 is 4.74 Å². The fraction of sp³-hybridized carbons (Fsp3) is 0.435. The lowest BCUT2D eigenvalue weighted by Gasteiger charge is -2.33. The van der Waals surface area contributed by atoms with Crippen LogP contribution in [0.5, 0.6) is 5.75 Å². The number of hydrogen-bond donors (Lipinski definition) is 1. The molecule has 1 unspecified atom stereocenters. The van der Waals surface area contributed by atoms with Gasteiger partial charge in [-0.3, -0.25) is 9.69 Å². The van der Waals surface area contributed by atoms with E-state index in [1.54, 1.807) is 11.0 Å². The summed E-state index contributed by atoms with van der Waals surface area (Å²) in [5, 5.41) is 10.8. The second-order valence-corrected chi connectivity index (χ2v) is 9.51. The highest BCUT2D eigenvalue weighted by molar-refractivity contribution is 9.10. The monoisotopic (exact) mass is 458 g/mol. The topological polar surface area (TPSA) is 53.0 Å². The van der Waals surface area contributed by atoms with E-state index >= 15 is 0 Å². The molecular formula is C23H27BrN2O3. The molecule has 0 radical (unpaired) electrons. The number of amides is 1. The molecule has 2 aromatic carbocycles. The van der Waals surface area contributed by atoms with Gasteiger partial charge in [0.15, 0.2) is 0 Å². The number of rotatable bonds is 4. The van der Waals surface area contributed by atoms with Crippen molar-refractivity contribution < 1.29 is 14.6 Å². The van der Waals surface area contributed by atoms with Gasteiger partial charge in [-0.15, -0.1) is 0 Å². The van der Waals surface area contributed by atoms with Crippen molar-refractivity contribution in [1.29, 1.82) is 0 Å². The Bertz CT molecular complexity index is 915. The van der Waals surface area contributed by atoms with Crippen molar-refractivity contribution in [2.75, 3.05) is 26.2 Å². The summed E-state index contributed by atoms with van der Waals surface area (Å²) in [5.41, 5.74) is 2.72. The van der Waals surface area contributed by atoms with Gasteiger partial charge < -0.3 is 14.7 Å². The summed E-state index contributed by atoms with van der Waals surface area (Å²) in [4.78, 5) is 17.1. The summed E-state index contributed by atoms with van der Waals surface area (Å²) >= 11 is 3.45. The van der Waals surface area contributed by atoms with Crippen LogP contribution in [0.15, 0.2) is 46.9 Å². The van der Waals surface area contributed by atoms with Gasteiger partial charge in [-0.25, -0.2) is 0 Å². The molecule has 2 aliphatic rings. The van der Waals surface area contributed by atoms with Crippen molar-refractivity contribution in [3.8, 4) is 5.75 Å². The highest BCUT2D eigenvalue weighted by atomic mass is 79.9. The number of nitrogens with zero attached hydrogens (tertiary/aromatic N) is 2. The Morgan fingerprint density at radius 3 is 2.72 bits per heavy atom. The van der Waals surface area contributed by atoms with Crippen LogP contribution in [-0.4, -0.2) is 58.7 Å². The first kappa shape index (κ1) is 20.4. The Morgan fingerprint density at radius 1 is 1.17 bits per heavy atom. The second kappa shape index (κ2) is 8.09. The van der Waals surface area contributed by atoms with E-state index in [2.05, 4.69) is 45.1 Å². The van der Waals surface area contributed by atoms with E-state index in [1.807, 2.05) is 26.0 Å². The van der Waals surface area contributed by atoms with Crippen molar-refractivity contribution in [2.45, 2.75) is 38.5 Å². The maximum Gasteiger partial charge on any atom is 0.257 e. The predicted octanol–water partition coefficient (Wildman–Crippen LogP) is 3.48. The standard InChI is InChI=1S/C23H27BrN2O3/c1-23(2)15-26(22(28)20-8-7-18(24)11-21(20)29-23)14-19(27)13-25-10-9-16-5-3-4-6-17(16)12-25/h3-8,11,19,27H,9-10,12-15H2,1-2H3. The first-order chi connectivity index (χ1) is 13.8. The molecule has 29 heavy (non-hydrogen) atoms. The molecule has 6 heteroatoms. The molecule has 154 valence electrons. The molecule has 2 heterocycles. The summed E-state index contributed by atoms with van der Waals surface area (Å²) in [5.74, 6) is 0.486. The molecule has 0 saturated heterocycles. The predicted molar refractivity (Wildman–Crippen MR) is 116 cm³/mol. The van der Waals surface area contributed by atoms with Crippen LogP contribution in [-0.2, 0) is 13.0 Å². The Hall–Kier alpha value is -1.89. The van der Waals surface area contributed by atoms with Gasteiger partial charge in [0, 0.05) is 30.7 Å². The zero-order chi connectivity index (χ0) is 20.6. The third kappa shape index (κ3) is 4.65. The van der Waals surface area contributed by atoms with Gasteiger partial charge >= 0.3 is 0 Å². The Balaban J connectivity index is 1.45. The van der Waals surface area contributed by atoms with Crippen molar-refractivity contribution in [3.63, 3.8) is 0 Å². The molecule has 1 N–H and O–H groups in total.